The van der Waals surface area contributed by atoms with E-state index in [2.05, 4.69) is 12.6 Å². The first-order valence-corrected chi connectivity index (χ1v) is 5.71. The Morgan fingerprint density at radius 2 is 2.12 bits per heavy atom. The molecule has 1 rings (SSSR count). The number of thiol groups is 1. The van der Waals surface area contributed by atoms with Crippen molar-refractivity contribution in [1.29, 1.82) is 0 Å². The fourth-order valence-electron chi connectivity index (χ4n) is 1.58. The second kappa shape index (κ2) is 5.34. The molecule has 0 saturated carbocycles. The number of halogens is 1. The van der Waals surface area contributed by atoms with E-state index in [4.69, 9.17) is 0 Å². The first-order chi connectivity index (χ1) is 7.47. The van der Waals surface area contributed by atoms with Gasteiger partial charge in [0.1, 0.15) is 5.82 Å². The number of rotatable bonds is 3. The SMILES string of the molecule is CCN(C(=O)c1cc(S)ccc1F)C(C)C. The maximum absolute atomic E-state index is 13.5. The van der Waals surface area contributed by atoms with Crippen LogP contribution in [0.25, 0.3) is 0 Å². The third kappa shape index (κ3) is 2.76. The molecule has 1 aromatic carbocycles. The van der Waals surface area contributed by atoms with Crippen LogP contribution in [0.5, 0.6) is 0 Å². The molecule has 0 atom stereocenters. The van der Waals surface area contributed by atoms with Crippen molar-refractivity contribution in [2.24, 2.45) is 0 Å². The summed E-state index contributed by atoms with van der Waals surface area (Å²) in [5.74, 6) is -0.784. The van der Waals surface area contributed by atoms with Gasteiger partial charge in [-0.1, -0.05) is 0 Å². The monoisotopic (exact) mass is 241 g/mol. The zero-order chi connectivity index (χ0) is 12.3. The Morgan fingerprint density at radius 3 is 2.62 bits per heavy atom. The third-order valence-electron chi connectivity index (χ3n) is 2.41. The molecule has 0 aliphatic carbocycles. The predicted octanol–water partition coefficient (Wildman–Crippen LogP) is 2.98. The highest BCUT2D eigenvalue weighted by atomic mass is 32.1. The van der Waals surface area contributed by atoms with Crippen LogP contribution in [-0.2, 0) is 0 Å². The van der Waals surface area contributed by atoms with Crippen LogP contribution in [0, 0.1) is 5.82 Å². The van der Waals surface area contributed by atoms with Crippen LogP contribution in [-0.4, -0.2) is 23.4 Å². The fourth-order valence-corrected chi connectivity index (χ4v) is 1.78. The molecule has 0 saturated heterocycles. The van der Waals surface area contributed by atoms with Gasteiger partial charge in [-0.25, -0.2) is 4.39 Å². The first kappa shape index (κ1) is 13.0. The summed E-state index contributed by atoms with van der Waals surface area (Å²) >= 11 is 4.11. The molecule has 1 amide bonds. The summed E-state index contributed by atoms with van der Waals surface area (Å²) in [6.45, 7) is 6.25. The lowest BCUT2D eigenvalue weighted by atomic mass is 10.1. The highest BCUT2D eigenvalue weighted by molar-refractivity contribution is 7.80. The number of carbonyl (C=O) groups excluding carboxylic acids is 1. The van der Waals surface area contributed by atoms with Crippen LogP contribution in [0.1, 0.15) is 31.1 Å². The molecule has 1 aromatic rings. The van der Waals surface area contributed by atoms with Crippen LogP contribution in [0.2, 0.25) is 0 Å². The molecule has 4 heteroatoms. The van der Waals surface area contributed by atoms with E-state index >= 15 is 0 Å². The molecule has 16 heavy (non-hydrogen) atoms. The lowest BCUT2D eigenvalue weighted by molar-refractivity contribution is 0.0712. The molecule has 0 radical (unpaired) electrons. The van der Waals surface area contributed by atoms with Gasteiger partial charge in [0.15, 0.2) is 0 Å². The maximum Gasteiger partial charge on any atom is 0.257 e. The van der Waals surface area contributed by atoms with Gasteiger partial charge >= 0.3 is 0 Å². The molecule has 0 aromatic heterocycles. The average molecular weight is 241 g/mol. The molecule has 88 valence electrons. The van der Waals surface area contributed by atoms with Gasteiger partial charge in [0.2, 0.25) is 0 Å². The van der Waals surface area contributed by atoms with E-state index in [0.717, 1.165) is 0 Å². The first-order valence-electron chi connectivity index (χ1n) is 5.26. The topological polar surface area (TPSA) is 20.3 Å². The van der Waals surface area contributed by atoms with Gasteiger partial charge in [-0.05, 0) is 39.0 Å². The number of amides is 1. The summed E-state index contributed by atoms with van der Waals surface area (Å²) in [6.07, 6.45) is 0. The number of nitrogens with zero attached hydrogens (tertiary/aromatic N) is 1. The Hall–Kier alpha value is -1.03. The minimum atomic E-state index is -0.498. The Labute approximate surface area is 101 Å². The lowest BCUT2D eigenvalue weighted by Crippen LogP contribution is -2.37. The van der Waals surface area contributed by atoms with Crippen molar-refractivity contribution in [3.63, 3.8) is 0 Å². The van der Waals surface area contributed by atoms with Gasteiger partial charge in [0.25, 0.3) is 5.91 Å². The molecule has 0 unspecified atom stereocenters. The van der Waals surface area contributed by atoms with Crippen molar-refractivity contribution in [1.82, 2.24) is 4.90 Å². The van der Waals surface area contributed by atoms with E-state index in [9.17, 15) is 9.18 Å². The molecule has 2 nitrogen and oxygen atoms in total. The van der Waals surface area contributed by atoms with E-state index in [1.807, 2.05) is 20.8 Å². The Morgan fingerprint density at radius 1 is 1.50 bits per heavy atom. The summed E-state index contributed by atoms with van der Waals surface area (Å²) in [6, 6.07) is 4.32. The summed E-state index contributed by atoms with van der Waals surface area (Å²) in [5.41, 5.74) is 0.0862. The molecule has 0 N–H and O–H groups in total. The average Bonchev–Trinajstić information content (AvgIpc) is 2.22. The molecular formula is C12H16FNOS. The second-order valence-corrected chi connectivity index (χ2v) is 4.37. The standard InChI is InChI=1S/C12H16FNOS/c1-4-14(8(2)3)12(15)10-7-9(16)5-6-11(10)13/h5-8,16H,4H2,1-3H3. The van der Waals surface area contributed by atoms with Crippen molar-refractivity contribution in [3.8, 4) is 0 Å². The van der Waals surface area contributed by atoms with E-state index in [1.165, 1.54) is 18.2 Å². The molecule has 0 bridgehead atoms. The van der Waals surface area contributed by atoms with Crippen LogP contribution in [0.3, 0.4) is 0 Å². The zero-order valence-electron chi connectivity index (χ0n) is 9.70. The number of hydrogen-bond donors (Lipinski definition) is 1. The van der Waals surface area contributed by atoms with Crippen LogP contribution in [0.4, 0.5) is 4.39 Å². The zero-order valence-corrected chi connectivity index (χ0v) is 10.6. The van der Waals surface area contributed by atoms with Gasteiger partial charge in [-0.3, -0.25) is 4.79 Å². The van der Waals surface area contributed by atoms with Gasteiger partial charge in [-0.2, -0.15) is 0 Å². The summed E-state index contributed by atoms with van der Waals surface area (Å²) in [4.78, 5) is 14.2. The van der Waals surface area contributed by atoms with Crippen molar-refractivity contribution in [2.75, 3.05) is 6.54 Å². The number of hydrogen-bond acceptors (Lipinski definition) is 2. The Balaban J connectivity index is 3.08. The third-order valence-corrected chi connectivity index (χ3v) is 2.68. The Kier molecular flexibility index (Phi) is 4.35. The smallest absolute Gasteiger partial charge is 0.257 e. The van der Waals surface area contributed by atoms with Crippen molar-refractivity contribution in [2.45, 2.75) is 31.7 Å². The molecule has 0 aliphatic rings. The second-order valence-electron chi connectivity index (χ2n) is 3.85. The molecule has 0 spiro atoms. The minimum absolute atomic E-state index is 0.0560. The number of carbonyl (C=O) groups is 1. The Bertz CT molecular complexity index is 393. The number of benzene rings is 1. The van der Waals surface area contributed by atoms with Crippen molar-refractivity contribution in [3.05, 3.63) is 29.6 Å². The van der Waals surface area contributed by atoms with Gasteiger partial charge in [0.05, 0.1) is 5.56 Å². The van der Waals surface area contributed by atoms with Crippen molar-refractivity contribution >= 4 is 18.5 Å². The highest BCUT2D eigenvalue weighted by Crippen LogP contribution is 2.16. The van der Waals surface area contributed by atoms with E-state index in [0.29, 0.717) is 11.4 Å². The maximum atomic E-state index is 13.5. The summed E-state index contributed by atoms with van der Waals surface area (Å²) in [5, 5.41) is 0. The molecule has 0 fully saturated rings. The van der Waals surface area contributed by atoms with Gasteiger partial charge < -0.3 is 4.90 Å². The molecular weight excluding hydrogens is 225 g/mol. The fraction of sp³-hybridized carbons (Fsp3) is 0.417. The summed E-state index contributed by atoms with van der Waals surface area (Å²) < 4.78 is 13.5. The van der Waals surface area contributed by atoms with Crippen LogP contribution >= 0.6 is 12.6 Å². The minimum Gasteiger partial charge on any atom is -0.336 e. The largest absolute Gasteiger partial charge is 0.336 e. The lowest BCUT2D eigenvalue weighted by Gasteiger charge is -2.25. The highest BCUT2D eigenvalue weighted by Gasteiger charge is 2.20. The van der Waals surface area contributed by atoms with Crippen LogP contribution in [0.15, 0.2) is 23.1 Å². The quantitative estimate of drug-likeness (QED) is 0.807. The normalized spacial score (nSPS) is 10.6. The van der Waals surface area contributed by atoms with E-state index in [-0.39, 0.29) is 17.5 Å². The molecule has 0 heterocycles. The van der Waals surface area contributed by atoms with Crippen LogP contribution < -0.4 is 0 Å². The molecule has 0 aliphatic heterocycles. The van der Waals surface area contributed by atoms with Crippen molar-refractivity contribution < 1.29 is 9.18 Å². The summed E-state index contributed by atoms with van der Waals surface area (Å²) in [7, 11) is 0. The van der Waals surface area contributed by atoms with Gasteiger partial charge in [0, 0.05) is 17.5 Å². The van der Waals surface area contributed by atoms with Gasteiger partial charge in [-0.15, -0.1) is 12.6 Å². The van der Waals surface area contributed by atoms with E-state index < -0.39 is 5.82 Å². The van der Waals surface area contributed by atoms with E-state index in [1.54, 1.807) is 4.90 Å². The predicted molar refractivity (Wildman–Crippen MR) is 65.5 cm³/mol.